The summed E-state index contributed by atoms with van der Waals surface area (Å²) < 4.78 is 34.8. The summed E-state index contributed by atoms with van der Waals surface area (Å²) in [5, 5.41) is 7.26. The number of methoxy groups -OCH3 is 4. The quantitative estimate of drug-likeness (QED) is 0.102. The minimum absolute atomic E-state index is 0.192. The van der Waals surface area contributed by atoms with Crippen molar-refractivity contribution in [3.63, 3.8) is 0 Å². The van der Waals surface area contributed by atoms with Crippen LogP contribution < -0.4 is 24.3 Å². The van der Waals surface area contributed by atoms with E-state index in [-0.39, 0.29) is 23.4 Å². The van der Waals surface area contributed by atoms with Crippen LogP contribution in [0, 0.1) is 0 Å². The largest absolute Gasteiger partial charge is 0.495 e. The highest BCUT2D eigenvalue weighted by Crippen LogP contribution is 2.47. The summed E-state index contributed by atoms with van der Waals surface area (Å²) in [5.41, 5.74) is 2.50. The van der Waals surface area contributed by atoms with Gasteiger partial charge in [-0.2, -0.15) is 0 Å². The van der Waals surface area contributed by atoms with Crippen molar-refractivity contribution in [2.45, 2.75) is 54.3 Å². The predicted molar refractivity (Wildman–Crippen MR) is 279 cm³/mol. The summed E-state index contributed by atoms with van der Waals surface area (Å²) in [6, 6.07) is 16.9. The van der Waals surface area contributed by atoms with Crippen LogP contribution in [-0.2, 0) is 29.1 Å². The van der Waals surface area contributed by atoms with Crippen molar-refractivity contribution in [2.75, 3.05) is 61.3 Å². The lowest BCUT2D eigenvalue weighted by Gasteiger charge is -2.18. The molecule has 6 heterocycles. The Balaban J connectivity index is 0.000000157. The lowest BCUT2D eigenvalue weighted by Crippen LogP contribution is -2.30. The van der Waals surface area contributed by atoms with Gasteiger partial charge in [-0.15, -0.1) is 34.0 Å². The first-order chi connectivity index (χ1) is 34.5. The Kier molecular flexibility index (Phi) is 17.4. The molecular formula is C52H56N6O10S3. The van der Waals surface area contributed by atoms with Crippen LogP contribution in [0.1, 0.15) is 80.5 Å². The van der Waals surface area contributed by atoms with Crippen LogP contribution in [0.25, 0.3) is 42.0 Å². The molecule has 6 aromatic heterocycles. The van der Waals surface area contributed by atoms with E-state index in [0.717, 1.165) is 87.8 Å². The molecule has 19 heteroatoms. The highest BCUT2D eigenvalue weighted by Gasteiger charge is 2.33. The number of fused-ring (bicyclic) bond motifs is 6. The predicted octanol–water partition coefficient (Wildman–Crippen LogP) is 10.9. The van der Waals surface area contributed by atoms with Crippen molar-refractivity contribution in [3.8, 4) is 23.0 Å². The van der Waals surface area contributed by atoms with Crippen molar-refractivity contribution in [2.24, 2.45) is 0 Å². The molecule has 0 fully saturated rings. The Hall–Kier alpha value is -6.93. The van der Waals surface area contributed by atoms with Gasteiger partial charge in [-0.25, -0.2) is 9.59 Å². The molecule has 0 radical (unpaired) electrons. The smallest absolute Gasteiger partial charge is 0.410 e. The van der Waals surface area contributed by atoms with E-state index < -0.39 is 6.09 Å². The van der Waals surface area contributed by atoms with Gasteiger partial charge in [0, 0.05) is 80.0 Å². The maximum absolute atomic E-state index is 12.6. The Labute approximate surface area is 423 Å². The number of rotatable bonds is 15. The highest BCUT2D eigenvalue weighted by molar-refractivity contribution is 7.20. The summed E-state index contributed by atoms with van der Waals surface area (Å²) >= 11 is 4.57. The highest BCUT2D eigenvalue weighted by atomic mass is 32.1. The number of hydrogen-bond donors (Lipinski definition) is 1. The van der Waals surface area contributed by atoms with Gasteiger partial charge in [0.25, 0.3) is 0 Å². The average molecular weight is 1020 g/mol. The minimum Gasteiger partial charge on any atom is -0.495 e. The van der Waals surface area contributed by atoms with E-state index in [4.69, 9.17) is 28.4 Å². The van der Waals surface area contributed by atoms with E-state index in [1.807, 2.05) is 44.2 Å². The van der Waals surface area contributed by atoms with Gasteiger partial charge in [-0.3, -0.25) is 24.5 Å². The Morgan fingerprint density at radius 2 is 1.04 bits per heavy atom. The first kappa shape index (κ1) is 51.9. The Morgan fingerprint density at radius 1 is 0.563 bits per heavy atom. The van der Waals surface area contributed by atoms with E-state index in [0.29, 0.717) is 55.4 Å². The van der Waals surface area contributed by atoms with Gasteiger partial charge >= 0.3 is 12.2 Å². The lowest BCUT2D eigenvalue weighted by atomic mass is 9.93. The molecule has 1 N–H and O–H groups in total. The number of nitrogens with zero attached hydrogens (tertiary/aromatic N) is 5. The maximum atomic E-state index is 12.6. The SMILES string of the molecule is CCNCc1cc2c(OC)c3ncccc3c(OC)c2s1.CCOC(=O)N(CC)Cc1cc2c(OC)c3ncccc3c(OC)c2s1.CCOC(=O)N(CC)Cc1cc2c(s1)C(=O)c1cccnc1C2=O. The van der Waals surface area contributed by atoms with E-state index in [1.165, 1.54) is 27.3 Å². The standard InChI is InChI=1S/C19H22N2O4S.C17H16N2O4S.C16H18N2O2S/c1-5-21(19(22)25-6-2)11-12-10-14-16(23-3)15-13(8-7-9-20-15)17(24-4)18(14)26-12;1-3-19(17(22)23-4-2)9-10-8-12-14(20)13-11(6-5-7-18-13)15(21)16(12)24-10;1-4-17-9-10-8-12-14(19-2)13-11(6-5-7-18-13)15(20-3)16(12)21-10/h7-10H,5-6,11H2,1-4H3;5-8H,3-4,9H2,1-2H3;5-8,17H,4,9H2,1-3H3. The number of carbonyl (C=O) groups excluding carboxylic acids is 4. The molecule has 0 atom stereocenters. The van der Waals surface area contributed by atoms with Crippen LogP contribution in [0.4, 0.5) is 9.59 Å². The van der Waals surface area contributed by atoms with Gasteiger partial charge in [0.15, 0.2) is 11.5 Å². The molecule has 0 unspecified atom stereocenters. The zero-order valence-corrected chi connectivity index (χ0v) is 43.6. The topological polar surface area (TPSA) is 181 Å². The molecule has 0 saturated carbocycles. The summed E-state index contributed by atoms with van der Waals surface area (Å²) in [5.74, 6) is 2.75. The van der Waals surface area contributed by atoms with Gasteiger partial charge in [-0.1, -0.05) is 6.92 Å². The summed E-state index contributed by atoms with van der Waals surface area (Å²) in [4.78, 5) is 68.7. The first-order valence-corrected chi connectivity index (χ1v) is 25.5. The lowest BCUT2D eigenvalue weighted by molar-refractivity contribution is 0.0978. The number of benzene rings is 2. The van der Waals surface area contributed by atoms with Crippen molar-refractivity contribution in [1.29, 1.82) is 0 Å². The van der Waals surface area contributed by atoms with Crippen LogP contribution in [0.2, 0.25) is 0 Å². The number of ether oxygens (including phenoxy) is 6. The van der Waals surface area contributed by atoms with Gasteiger partial charge in [0.1, 0.15) is 28.2 Å². The second kappa shape index (κ2) is 23.8. The molecule has 372 valence electrons. The maximum Gasteiger partial charge on any atom is 0.410 e. The molecule has 0 saturated heterocycles. The van der Waals surface area contributed by atoms with E-state index >= 15 is 0 Å². The third kappa shape index (κ3) is 10.7. The number of carbonyl (C=O) groups is 4. The van der Waals surface area contributed by atoms with Gasteiger partial charge in [0.05, 0.1) is 74.6 Å². The molecule has 0 aliphatic heterocycles. The Morgan fingerprint density at radius 3 is 1.54 bits per heavy atom. The minimum atomic E-state index is -0.408. The van der Waals surface area contributed by atoms with Crippen LogP contribution in [0.3, 0.4) is 0 Å². The molecule has 16 nitrogen and oxygen atoms in total. The van der Waals surface area contributed by atoms with Crippen molar-refractivity contribution < 1.29 is 47.6 Å². The zero-order chi connectivity index (χ0) is 50.8. The van der Waals surface area contributed by atoms with Crippen molar-refractivity contribution in [1.82, 2.24) is 30.1 Å². The molecule has 0 bridgehead atoms. The number of pyridine rings is 3. The molecule has 1 aliphatic carbocycles. The number of amides is 2. The molecule has 0 spiro atoms. The average Bonchev–Trinajstić information content (AvgIpc) is 4.14. The second-order valence-electron chi connectivity index (χ2n) is 15.6. The van der Waals surface area contributed by atoms with Crippen LogP contribution in [0.5, 0.6) is 23.0 Å². The number of ketones is 2. The molecule has 9 rings (SSSR count). The second-order valence-corrected chi connectivity index (χ2v) is 19.0. The molecule has 2 aromatic carbocycles. The number of hydrogen-bond acceptors (Lipinski definition) is 17. The summed E-state index contributed by atoms with van der Waals surface area (Å²) in [6.45, 7) is 13.7. The Bertz CT molecular complexity index is 3050. The number of nitrogens with one attached hydrogen (secondary N) is 1. The van der Waals surface area contributed by atoms with Gasteiger partial charge < -0.3 is 43.5 Å². The third-order valence-corrected chi connectivity index (χ3v) is 14.7. The normalized spacial score (nSPS) is 11.6. The fraction of sp³-hybridized carbons (Fsp3) is 0.327. The zero-order valence-electron chi connectivity index (χ0n) is 41.1. The van der Waals surface area contributed by atoms with Gasteiger partial charge in [-0.05, 0) is 88.8 Å². The van der Waals surface area contributed by atoms with Crippen LogP contribution in [0.15, 0.2) is 73.2 Å². The number of thiophene rings is 3. The molecular weight excluding hydrogens is 965 g/mol. The van der Waals surface area contributed by atoms with Crippen LogP contribution in [-0.4, -0.2) is 110 Å². The third-order valence-electron chi connectivity index (χ3n) is 11.4. The fourth-order valence-corrected chi connectivity index (χ4v) is 11.6. The number of aromatic nitrogens is 3. The molecule has 1 aliphatic rings. The first-order valence-electron chi connectivity index (χ1n) is 23.0. The van der Waals surface area contributed by atoms with E-state index in [9.17, 15) is 19.2 Å². The molecule has 8 aromatic rings. The monoisotopic (exact) mass is 1020 g/mol. The van der Waals surface area contributed by atoms with E-state index in [2.05, 4.69) is 33.3 Å². The van der Waals surface area contributed by atoms with E-state index in [1.54, 1.807) is 100 Å². The molecule has 2 amide bonds. The summed E-state index contributed by atoms with van der Waals surface area (Å²) in [7, 11) is 6.70. The fourth-order valence-electron chi connectivity index (χ4n) is 8.12. The molecule has 71 heavy (non-hydrogen) atoms. The summed E-state index contributed by atoms with van der Waals surface area (Å²) in [6.07, 6.45) is 4.31. The van der Waals surface area contributed by atoms with Crippen molar-refractivity contribution in [3.05, 3.63) is 110 Å². The van der Waals surface area contributed by atoms with Crippen molar-refractivity contribution >= 4 is 99.7 Å². The van der Waals surface area contributed by atoms with Gasteiger partial charge in [0.2, 0.25) is 11.6 Å². The van der Waals surface area contributed by atoms with Crippen LogP contribution >= 0.6 is 34.0 Å².